The molecule has 86 valence electrons. The van der Waals surface area contributed by atoms with Gasteiger partial charge in [0.25, 0.3) is 0 Å². The molecule has 0 spiro atoms. The van der Waals surface area contributed by atoms with Gasteiger partial charge in [0.15, 0.2) is 0 Å². The Bertz CT molecular complexity index is 233. The van der Waals surface area contributed by atoms with Crippen LogP contribution in [0.4, 0.5) is 0 Å². The topological polar surface area (TPSA) is 61.4 Å². The molecule has 1 rings (SSSR count). The highest BCUT2D eigenvalue weighted by Gasteiger charge is 2.26. The molecule has 1 heterocycles. The molecule has 1 aliphatic heterocycles. The Hall–Kier alpha value is -1.10. The lowest BCUT2D eigenvalue weighted by Gasteiger charge is -2.26. The number of hydrogen-bond acceptors (Lipinski definition) is 3. The molecule has 2 amide bonds. The summed E-state index contributed by atoms with van der Waals surface area (Å²) < 4.78 is 0. The number of likely N-dealkylation sites (N-methyl/N-ethyl adjacent to an activating group) is 2. The lowest BCUT2D eigenvalue weighted by Crippen LogP contribution is -2.44. The van der Waals surface area contributed by atoms with E-state index in [0.717, 1.165) is 6.54 Å². The molecule has 0 bridgehead atoms. The first-order chi connectivity index (χ1) is 7.15. The predicted octanol–water partition coefficient (Wildman–Crippen LogP) is -0.810. The molecule has 1 fully saturated rings. The van der Waals surface area contributed by atoms with E-state index in [9.17, 15) is 9.59 Å². The van der Waals surface area contributed by atoms with Gasteiger partial charge in [-0.05, 0) is 13.5 Å². The SMILES string of the molecule is CNCCN(C)C(=O)C1CCC(=O)NC1. The molecular formula is C10H19N3O2. The molecule has 5 heteroatoms. The highest BCUT2D eigenvalue weighted by molar-refractivity contribution is 5.83. The molecule has 0 aliphatic carbocycles. The van der Waals surface area contributed by atoms with Crippen molar-refractivity contribution in [2.45, 2.75) is 12.8 Å². The molecule has 2 N–H and O–H groups in total. The van der Waals surface area contributed by atoms with Gasteiger partial charge in [-0.1, -0.05) is 0 Å². The summed E-state index contributed by atoms with van der Waals surface area (Å²) in [6.45, 7) is 1.99. The largest absolute Gasteiger partial charge is 0.355 e. The maximum atomic E-state index is 11.9. The first-order valence-corrected chi connectivity index (χ1v) is 5.31. The van der Waals surface area contributed by atoms with E-state index in [1.165, 1.54) is 0 Å². The fourth-order valence-electron chi connectivity index (χ4n) is 1.64. The second-order valence-electron chi connectivity index (χ2n) is 3.90. The van der Waals surface area contributed by atoms with Crippen LogP contribution in [0.2, 0.25) is 0 Å². The van der Waals surface area contributed by atoms with Gasteiger partial charge >= 0.3 is 0 Å². The molecule has 15 heavy (non-hydrogen) atoms. The van der Waals surface area contributed by atoms with E-state index in [1.54, 1.807) is 11.9 Å². The van der Waals surface area contributed by atoms with E-state index in [2.05, 4.69) is 10.6 Å². The molecule has 1 atom stereocenters. The first-order valence-electron chi connectivity index (χ1n) is 5.31. The van der Waals surface area contributed by atoms with Gasteiger partial charge < -0.3 is 15.5 Å². The van der Waals surface area contributed by atoms with Crippen molar-refractivity contribution in [1.82, 2.24) is 15.5 Å². The average Bonchev–Trinajstić information content (AvgIpc) is 2.26. The Morgan fingerprint density at radius 3 is 2.93 bits per heavy atom. The van der Waals surface area contributed by atoms with Gasteiger partial charge in [0.05, 0.1) is 5.92 Å². The molecule has 1 saturated heterocycles. The summed E-state index contributed by atoms with van der Waals surface area (Å²) >= 11 is 0. The molecular weight excluding hydrogens is 194 g/mol. The number of piperidine rings is 1. The Morgan fingerprint density at radius 1 is 1.67 bits per heavy atom. The third-order valence-electron chi connectivity index (χ3n) is 2.69. The van der Waals surface area contributed by atoms with Crippen LogP contribution in [-0.4, -0.2) is 50.4 Å². The summed E-state index contributed by atoms with van der Waals surface area (Å²) in [4.78, 5) is 24.5. The fraction of sp³-hybridized carbons (Fsp3) is 0.800. The number of rotatable bonds is 4. The summed E-state index contributed by atoms with van der Waals surface area (Å²) in [7, 11) is 3.66. The second kappa shape index (κ2) is 5.70. The lowest BCUT2D eigenvalue weighted by atomic mass is 9.98. The van der Waals surface area contributed by atoms with Crippen molar-refractivity contribution < 1.29 is 9.59 Å². The van der Waals surface area contributed by atoms with Gasteiger partial charge in [-0.25, -0.2) is 0 Å². The molecule has 5 nitrogen and oxygen atoms in total. The Morgan fingerprint density at radius 2 is 2.40 bits per heavy atom. The van der Waals surface area contributed by atoms with E-state index in [4.69, 9.17) is 0 Å². The molecule has 0 aromatic heterocycles. The van der Waals surface area contributed by atoms with Crippen molar-refractivity contribution in [3.8, 4) is 0 Å². The molecule has 0 aromatic carbocycles. The number of carbonyl (C=O) groups excluding carboxylic acids is 2. The summed E-state index contributed by atoms with van der Waals surface area (Å²) in [6, 6.07) is 0. The predicted molar refractivity (Wildman–Crippen MR) is 57.3 cm³/mol. The molecule has 0 radical (unpaired) electrons. The van der Waals surface area contributed by atoms with E-state index in [0.29, 0.717) is 25.9 Å². The van der Waals surface area contributed by atoms with Gasteiger partial charge in [0.1, 0.15) is 0 Å². The standard InChI is InChI=1S/C10H19N3O2/c1-11-5-6-13(2)10(15)8-3-4-9(14)12-7-8/h8,11H,3-7H2,1-2H3,(H,12,14). The van der Waals surface area contributed by atoms with Crippen LogP contribution in [0.15, 0.2) is 0 Å². The first kappa shape index (κ1) is 12.0. The minimum atomic E-state index is -0.0374. The third-order valence-corrected chi connectivity index (χ3v) is 2.69. The van der Waals surface area contributed by atoms with Crippen molar-refractivity contribution >= 4 is 11.8 Å². The maximum absolute atomic E-state index is 11.9. The number of hydrogen-bond donors (Lipinski definition) is 2. The van der Waals surface area contributed by atoms with E-state index >= 15 is 0 Å². The average molecular weight is 213 g/mol. The summed E-state index contributed by atoms with van der Waals surface area (Å²) in [5.74, 6) is 0.145. The van der Waals surface area contributed by atoms with Gasteiger partial charge in [0.2, 0.25) is 11.8 Å². The highest BCUT2D eigenvalue weighted by Crippen LogP contribution is 2.12. The van der Waals surface area contributed by atoms with Gasteiger partial charge in [-0.15, -0.1) is 0 Å². The van der Waals surface area contributed by atoms with Gasteiger partial charge in [0, 0.05) is 33.1 Å². The lowest BCUT2D eigenvalue weighted by molar-refractivity contribution is -0.136. The summed E-state index contributed by atoms with van der Waals surface area (Å²) in [6.07, 6.45) is 1.14. The van der Waals surface area contributed by atoms with Crippen LogP contribution in [0.3, 0.4) is 0 Å². The maximum Gasteiger partial charge on any atom is 0.227 e. The van der Waals surface area contributed by atoms with Gasteiger partial charge in [-0.3, -0.25) is 9.59 Å². The van der Waals surface area contributed by atoms with Crippen molar-refractivity contribution in [3.05, 3.63) is 0 Å². The minimum Gasteiger partial charge on any atom is -0.355 e. The monoisotopic (exact) mass is 213 g/mol. The van der Waals surface area contributed by atoms with Gasteiger partial charge in [-0.2, -0.15) is 0 Å². The number of carbonyl (C=O) groups is 2. The van der Waals surface area contributed by atoms with Crippen LogP contribution in [-0.2, 0) is 9.59 Å². The molecule has 0 aromatic rings. The Kier molecular flexibility index (Phi) is 4.55. The van der Waals surface area contributed by atoms with Crippen molar-refractivity contribution in [3.63, 3.8) is 0 Å². The zero-order valence-electron chi connectivity index (χ0n) is 9.38. The van der Waals surface area contributed by atoms with Crippen molar-refractivity contribution in [2.75, 3.05) is 33.7 Å². The van der Waals surface area contributed by atoms with Crippen LogP contribution in [0.25, 0.3) is 0 Å². The summed E-state index contributed by atoms with van der Waals surface area (Å²) in [5, 5.41) is 5.72. The summed E-state index contributed by atoms with van der Waals surface area (Å²) in [5.41, 5.74) is 0. The van der Waals surface area contributed by atoms with Crippen molar-refractivity contribution in [2.24, 2.45) is 5.92 Å². The third kappa shape index (κ3) is 3.51. The second-order valence-corrected chi connectivity index (χ2v) is 3.90. The smallest absolute Gasteiger partial charge is 0.227 e. The Balaban J connectivity index is 2.35. The quantitative estimate of drug-likeness (QED) is 0.642. The molecule has 0 saturated carbocycles. The molecule has 1 aliphatic rings. The van der Waals surface area contributed by atoms with E-state index in [-0.39, 0.29) is 17.7 Å². The van der Waals surface area contributed by atoms with Crippen LogP contribution in [0.5, 0.6) is 0 Å². The van der Waals surface area contributed by atoms with Crippen LogP contribution in [0, 0.1) is 5.92 Å². The van der Waals surface area contributed by atoms with E-state index in [1.807, 2.05) is 7.05 Å². The van der Waals surface area contributed by atoms with E-state index < -0.39 is 0 Å². The number of nitrogens with zero attached hydrogens (tertiary/aromatic N) is 1. The number of amides is 2. The fourth-order valence-corrected chi connectivity index (χ4v) is 1.64. The van der Waals surface area contributed by atoms with Crippen LogP contribution < -0.4 is 10.6 Å². The highest BCUT2D eigenvalue weighted by atomic mass is 16.2. The Labute approximate surface area is 90.2 Å². The number of nitrogens with one attached hydrogen (secondary N) is 2. The minimum absolute atomic E-state index is 0.0374. The van der Waals surface area contributed by atoms with Crippen LogP contribution >= 0.6 is 0 Å². The zero-order valence-corrected chi connectivity index (χ0v) is 9.38. The molecule has 1 unspecified atom stereocenters. The zero-order chi connectivity index (χ0) is 11.3. The van der Waals surface area contributed by atoms with Crippen LogP contribution in [0.1, 0.15) is 12.8 Å². The van der Waals surface area contributed by atoms with Crippen molar-refractivity contribution in [1.29, 1.82) is 0 Å². The normalized spacial score (nSPS) is 20.9.